The number of imidazole rings is 1. The number of hydrogen-bond donors (Lipinski definition) is 1. The molecule has 1 aliphatic carbocycles. The first-order valence-corrected chi connectivity index (χ1v) is 10.3. The molecule has 1 aromatic heterocycles. The van der Waals surface area contributed by atoms with E-state index in [1.165, 1.54) is 0 Å². The zero-order chi connectivity index (χ0) is 20.7. The monoisotopic (exact) mass is 457 g/mol. The number of likely N-dealkylation sites (tertiary alicyclic amines) is 1. The van der Waals surface area contributed by atoms with Gasteiger partial charge in [-0.2, -0.15) is 0 Å². The van der Waals surface area contributed by atoms with Crippen LogP contribution in [-0.2, 0) is 26.9 Å². The van der Waals surface area contributed by atoms with Gasteiger partial charge in [-0.05, 0) is 62.4 Å². The number of aryl methyl sites for hydroxylation is 1. The van der Waals surface area contributed by atoms with Crippen molar-refractivity contribution in [2.24, 2.45) is 12.5 Å². The molecular formula is C19H28BrN3O5. The number of carbonyl (C=O) groups is 2. The Morgan fingerprint density at radius 3 is 2.32 bits per heavy atom. The fourth-order valence-electron chi connectivity index (χ4n) is 4.20. The lowest BCUT2D eigenvalue weighted by Crippen LogP contribution is -2.61. The Morgan fingerprint density at radius 2 is 1.86 bits per heavy atom. The van der Waals surface area contributed by atoms with Crippen molar-refractivity contribution in [2.45, 2.75) is 57.7 Å². The van der Waals surface area contributed by atoms with Gasteiger partial charge in [-0.25, -0.2) is 14.6 Å². The van der Waals surface area contributed by atoms with Crippen LogP contribution < -0.4 is 0 Å². The number of aromatic nitrogens is 2. The lowest BCUT2D eigenvalue weighted by molar-refractivity contribution is -0.163. The van der Waals surface area contributed by atoms with Gasteiger partial charge in [0.25, 0.3) is 0 Å². The van der Waals surface area contributed by atoms with Crippen molar-refractivity contribution in [2.75, 3.05) is 19.7 Å². The molecule has 0 unspecified atom stereocenters. The van der Waals surface area contributed by atoms with Crippen molar-refractivity contribution in [3.05, 3.63) is 16.6 Å². The molecule has 156 valence electrons. The molecular weight excluding hydrogens is 430 g/mol. The van der Waals surface area contributed by atoms with Crippen molar-refractivity contribution in [1.29, 1.82) is 0 Å². The Labute approximate surface area is 173 Å². The summed E-state index contributed by atoms with van der Waals surface area (Å²) >= 11 is 3.39. The minimum Gasteiger partial charge on any atom is -0.480 e. The Kier molecular flexibility index (Phi) is 5.53. The van der Waals surface area contributed by atoms with Crippen LogP contribution >= 0.6 is 15.9 Å². The Balaban J connectivity index is 1.68. The third-order valence-electron chi connectivity index (χ3n) is 5.55. The van der Waals surface area contributed by atoms with E-state index in [1.54, 1.807) is 4.90 Å². The normalized spacial score (nSPS) is 20.7. The zero-order valence-corrected chi connectivity index (χ0v) is 18.4. The maximum atomic E-state index is 12.2. The second kappa shape index (κ2) is 7.33. The summed E-state index contributed by atoms with van der Waals surface area (Å²) in [5.41, 5.74) is -1.18. The Morgan fingerprint density at radius 1 is 1.25 bits per heavy atom. The molecule has 0 aromatic carbocycles. The number of aliphatic carboxylic acids is 1. The smallest absolute Gasteiger partial charge is 0.410 e. The summed E-state index contributed by atoms with van der Waals surface area (Å²) in [4.78, 5) is 29.6. The second-order valence-corrected chi connectivity index (χ2v) is 9.82. The maximum absolute atomic E-state index is 12.2. The number of amides is 1. The van der Waals surface area contributed by atoms with E-state index in [9.17, 15) is 9.59 Å². The highest BCUT2D eigenvalue weighted by atomic mass is 79.9. The van der Waals surface area contributed by atoms with E-state index in [1.807, 2.05) is 38.6 Å². The fourth-order valence-corrected chi connectivity index (χ4v) is 4.68. The third kappa shape index (κ3) is 4.35. The number of halogens is 1. The van der Waals surface area contributed by atoms with Gasteiger partial charge in [-0.3, -0.25) is 0 Å². The molecule has 1 aromatic rings. The summed E-state index contributed by atoms with van der Waals surface area (Å²) in [7, 11) is 1.89. The third-order valence-corrected chi connectivity index (χ3v) is 5.93. The van der Waals surface area contributed by atoms with Gasteiger partial charge in [0.2, 0.25) is 0 Å². The number of carboxylic acids is 1. The largest absolute Gasteiger partial charge is 0.480 e. The maximum Gasteiger partial charge on any atom is 0.410 e. The molecule has 2 heterocycles. The number of nitrogens with zero attached hydrogens (tertiary/aromatic N) is 3. The predicted octanol–water partition coefficient (Wildman–Crippen LogP) is 3.29. The molecule has 1 spiro atoms. The van der Waals surface area contributed by atoms with E-state index >= 15 is 0 Å². The molecule has 3 rings (SSSR count). The molecule has 8 nitrogen and oxygen atoms in total. The van der Waals surface area contributed by atoms with Gasteiger partial charge in [0.05, 0.1) is 0 Å². The van der Waals surface area contributed by atoms with Crippen LogP contribution in [0, 0.1) is 5.41 Å². The highest BCUT2D eigenvalue weighted by Crippen LogP contribution is 2.51. The summed E-state index contributed by atoms with van der Waals surface area (Å²) in [5.74, 6) is -0.258. The average Bonchev–Trinajstić information content (AvgIpc) is 2.88. The average molecular weight is 458 g/mol. The summed E-state index contributed by atoms with van der Waals surface area (Å²) in [5, 5.41) is 9.11. The van der Waals surface area contributed by atoms with Crippen molar-refractivity contribution in [3.63, 3.8) is 0 Å². The van der Waals surface area contributed by atoms with Crippen molar-refractivity contribution >= 4 is 28.0 Å². The molecule has 28 heavy (non-hydrogen) atoms. The molecule has 1 N–H and O–H groups in total. The highest BCUT2D eigenvalue weighted by molar-refractivity contribution is 9.10. The van der Waals surface area contributed by atoms with E-state index in [0.717, 1.165) is 18.7 Å². The number of carboxylic acid groups (broad SMARTS) is 1. The molecule has 1 saturated carbocycles. The van der Waals surface area contributed by atoms with Crippen molar-refractivity contribution in [1.82, 2.24) is 14.5 Å². The Bertz CT molecular complexity index is 754. The van der Waals surface area contributed by atoms with Gasteiger partial charge >= 0.3 is 12.1 Å². The van der Waals surface area contributed by atoms with Gasteiger partial charge in [-0.15, -0.1) is 0 Å². The van der Waals surface area contributed by atoms with Gasteiger partial charge in [0, 0.05) is 31.7 Å². The SMILES string of the molecule is Cn1cc(Br)nc1C1(OCC(=O)O)CCC2(CC1)CN(C(=O)OC(C)(C)C)C2. The molecule has 1 saturated heterocycles. The predicted molar refractivity (Wildman–Crippen MR) is 105 cm³/mol. The standard InChI is InChI=1S/C19H28BrN3O5/c1-17(2,3)28-16(26)23-11-18(12-23)5-7-19(8-6-18,27-10-14(24)25)15-21-13(20)9-22(15)4/h9H,5-8,10-12H2,1-4H3,(H,24,25). The molecule has 1 aliphatic heterocycles. The van der Waals surface area contributed by atoms with E-state index in [-0.39, 0.29) is 18.1 Å². The van der Waals surface area contributed by atoms with Gasteiger partial charge < -0.3 is 24.0 Å². The first-order chi connectivity index (χ1) is 12.9. The molecule has 2 fully saturated rings. The van der Waals surface area contributed by atoms with Gasteiger partial charge in [0.15, 0.2) is 0 Å². The van der Waals surface area contributed by atoms with Crippen molar-refractivity contribution in [3.8, 4) is 0 Å². The molecule has 0 bridgehead atoms. The van der Waals surface area contributed by atoms with Crippen LogP contribution in [0.1, 0.15) is 52.3 Å². The number of carbonyl (C=O) groups excluding carboxylic acids is 1. The van der Waals surface area contributed by atoms with E-state index in [2.05, 4.69) is 20.9 Å². The molecule has 0 atom stereocenters. The minimum absolute atomic E-state index is 0.0510. The second-order valence-electron chi connectivity index (χ2n) is 9.01. The van der Waals surface area contributed by atoms with Crippen molar-refractivity contribution < 1.29 is 24.2 Å². The minimum atomic E-state index is -0.993. The van der Waals surface area contributed by atoms with Crippen LogP contribution in [0.15, 0.2) is 10.8 Å². The first-order valence-electron chi connectivity index (χ1n) is 9.47. The molecule has 1 amide bonds. The molecule has 2 aliphatic rings. The number of hydrogen-bond acceptors (Lipinski definition) is 5. The summed E-state index contributed by atoms with van der Waals surface area (Å²) in [6, 6.07) is 0. The van der Waals surface area contributed by atoms with Crippen LogP contribution in [0.4, 0.5) is 4.79 Å². The topological polar surface area (TPSA) is 93.9 Å². The summed E-state index contributed by atoms with van der Waals surface area (Å²) < 4.78 is 13.9. The quantitative estimate of drug-likeness (QED) is 0.745. The molecule has 9 heteroatoms. The van der Waals surface area contributed by atoms with Crippen LogP contribution in [0.25, 0.3) is 0 Å². The summed E-state index contributed by atoms with van der Waals surface area (Å²) in [6.07, 6.45) is 4.59. The highest BCUT2D eigenvalue weighted by Gasteiger charge is 2.53. The zero-order valence-electron chi connectivity index (χ0n) is 16.8. The lowest BCUT2D eigenvalue weighted by Gasteiger charge is -2.55. The lowest BCUT2D eigenvalue weighted by atomic mass is 9.64. The van der Waals surface area contributed by atoms with E-state index in [0.29, 0.717) is 30.5 Å². The number of ether oxygens (including phenoxy) is 2. The fraction of sp³-hybridized carbons (Fsp3) is 0.737. The van der Waals surface area contributed by atoms with Crippen LogP contribution in [-0.4, -0.2) is 56.9 Å². The van der Waals surface area contributed by atoms with Gasteiger partial charge in [0.1, 0.15) is 28.2 Å². The van der Waals surface area contributed by atoms with Crippen LogP contribution in [0.3, 0.4) is 0 Å². The summed E-state index contributed by atoms with van der Waals surface area (Å²) in [6.45, 7) is 6.56. The van der Waals surface area contributed by atoms with E-state index < -0.39 is 17.2 Å². The number of rotatable bonds is 4. The first kappa shape index (κ1) is 21.1. The molecule has 0 radical (unpaired) electrons. The van der Waals surface area contributed by atoms with Crippen LogP contribution in [0.5, 0.6) is 0 Å². The van der Waals surface area contributed by atoms with Gasteiger partial charge in [-0.1, -0.05) is 0 Å². The Hall–Kier alpha value is -1.61. The van der Waals surface area contributed by atoms with Crippen LogP contribution in [0.2, 0.25) is 0 Å². The van der Waals surface area contributed by atoms with E-state index in [4.69, 9.17) is 14.6 Å².